The van der Waals surface area contributed by atoms with Crippen LogP contribution in [0, 0.1) is 11.8 Å². The number of allylic oxidation sites excluding steroid dienone is 2. The van der Waals surface area contributed by atoms with E-state index in [4.69, 9.17) is 18.9 Å². The molecular weight excluding hydrogens is 664 g/mol. The fourth-order valence-corrected chi connectivity index (χ4v) is 8.15. The third-order valence-corrected chi connectivity index (χ3v) is 11.7. The lowest BCUT2D eigenvalue weighted by Gasteiger charge is -2.41. The zero-order valence-electron chi connectivity index (χ0n) is 32.9. The van der Waals surface area contributed by atoms with Gasteiger partial charge >= 0.3 is 12.1 Å². The van der Waals surface area contributed by atoms with Gasteiger partial charge < -0.3 is 44.1 Å². The van der Waals surface area contributed by atoms with Crippen LogP contribution >= 0.6 is 0 Å². The van der Waals surface area contributed by atoms with E-state index < -0.39 is 41.6 Å². The van der Waals surface area contributed by atoms with E-state index in [-0.39, 0.29) is 43.0 Å². The summed E-state index contributed by atoms with van der Waals surface area (Å²) in [7, 11) is 0. The summed E-state index contributed by atoms with van der Waals surface area (Å²) in [6.45, 7) is 17.2. The molecular formula is C41H68N2O9. The molecule has 0 aliphatic carbocycles. The highest BCUT2D eigenvalue weighted by atomic mass is 16.6. The molecule has 1 amide bonds. The molecule has 0 radical (unpaired) electrons. The van der Waals surface area contributed by atoms with E-state index in [0.717, 1.165) is 31.5 Å². The minimum Gasteiger partial charge on any atom is -0.457 e. The third kappa shape index (κ3) is 12.1. The number of hydrogen-bond acceptors (Lipinski definition) is 10. The first-order valence-electron chi connectivity index (χ1n) is 20.0. The van der Waals surface area contributed by atoms with Crippen LogP contribution < -0.4 is 0 Å². The molecule has 10 unspecified atom stereocenters. The molecule has 4 aliphatic rings. The Labute approximate surface area is 312 Å². The van der Waals surface area contributed by atoms with E-state index >= 15 is 0 Å². The summed E-state index contributed by atoms with van der Waals surface area (Å²) in [5.41, 5.74) is -1.32. The smallest absolute Gasteiger partial charge is 0.410 e. The lowest BCUT2D eigenvalue weighted by Crippen LogP contribution is -2.51. The van der Waals surface area contributed by atoms with Crippen LogP contribution in [0.5, 0.6) is 0 Å². The first-order chi connectivity index (χ1) is 24.7. The quantitative estimate of drug-likeness (QED) is 0.0990. The van der Waals surface area contributed by atoms with Crippen molar-refractivity contribution in [3.63, 3.8) is 0 Å². The number of rotatable bonds is 12. The molecule has 0 spiro atoms. The molecule has 3 N–H and O–H groups in total. The van der Waals surface area contributed by atoms with Crippen LogP contribution in [0.15, 0.2) is 36.0 Å². The van der Waals surface area contributed by atoms with Gasteiger partial charge in [0.15, 0.2) is 6.10 Å². The van der Waals surface area contributed by atoms with Gasteiger partial charge in [0.05, 0.1) is 36.4 Å². The first-order valence-corrected chi connectivity index (χ1v) is 20.0. The average Bonchev–Trinajstić information content (AvgIpc) is 3.88. The lowest BCUT2D eigenvalue weighted by atomic mass is 9.88. The van der Waals surface area contributed by atoms with Gasteiger partial charge in [-0.1, -0.05) is 51.5 Å². The topological polar surface area (TPSA) is 142 Å². The molecule has 0 saturated carbocycles. The van der Waals surface area contributed by atoms with Crippen LogP contribution in [0.2, 0.25) is 0 Å². The fourth-order valence-electron chi connectivity index (χ4n) is 8.15. The number of piperidine rings is 2. The van der Waals surface area contributed by atoms with Gasteiger partial charge in [-0.25, -0.2) is 4.79 Å². The molecule has 4 aliphatic heterocycles. The summed E-state index contributed by atoms with van der Waals surface area (Å²) in [5, 5.41) is 32.2. The Bertz CT molecular complexity index is 1240. The number of carbonyl (C=O) groups is 2. The molecule has 0 aromatic heterocycles. The van der Waals surface area contributed by atoms with E-state index in [2.05, 4.69) is 4.90 Å². The van der Waals surface area contributed by atoms with E-state index in [1.54, 1.807) is 24.0 Å². The minimum absolute atomic E-state index is 0.00266. The second-order valence-corrected chi connectivity index (χ2v) is 16.2. The molecule has 0 aromatic rings. The Morgan fingerprint density at radius 3 is 2.48 bits per heavy atom. The summed E-state index contributed by atoms with van der Waals surface area (Å²) in [6, 6.07) is 0.507. The van der Waals surface area contributed by atoms with Crippen LogP contribution in [-0.2, 0) is 23.7 Å². The average molecular weight is 733 g/mol. The second kappa shape index (κ2) is 19.4. The van der Waals surface area contributed by atoms with Crippen molar-refractivity contribution in [2.24, 2.45) is 11.8 Å². The van der Waals surface area contributed by atoms with E-state index in [1.807, 2.05) is 59.8 Å². The highest BCUT2D eigenvalue weighted by molar-refractivity contribution is 5.70. The standard InChI is InChI=1S/C41H68N2O9/c1-8-33(45)30(5)38-34(50-38)27-40(6,48)20-13-14-28(3)37-29(4)15-16-35(41(7,49-9-2)21-17-32(44)26-36(46)52-37)51-39(47)43-24-18-31(19-25-43)42-22-11-10-12-23-42/h13-16,20,29-35,37-38,44-45,48H,8-12,17-19,21-27H2,1-7H3/b16-15-,20-13+,28-14+. The van der Waals surface area contributed by atoms with Gasteiger partial charge in [0.2, 0.25) is 0 Å². The number of aliphatic hydroxyl groups excluding tert-OH is 2. The molecule has 0 bridgehead atoms. The van der Waals surface area contributed by atoms with Gasteiger partial charge in [0, 0.05) is 44.0 Å². The predicted octanol–water partition coefficient (Wildman–Crippen LogP) is 5.70. The lowest BCUT2D eigenvalue weighted by molar-refractivity contribution is -0.152. The van der Waals surface area contributed by atoms with E-state index in [9.17, 15) is 24.9 Å². The first kappa shape index (κ1) is 42.5. The Hall–Kier alpha value is -2.28. The van der Waals surface area contributed by atoms with Gasteiger partial charge in [0.1, 0.15) is 11.7 Å². The van der Waals surface area contributed by atoms with Crippen molar-refractivity contribution < 1.29 is 43.9 Å². The van der Waals surface area contributed by atoms with Crippen molar-refractivity contribution in [2.45, 2.75) is 167 Å². The molecule has 52 heavy (non-hydrogen) atoms. The van der Waals surface area contributed by atoms with Crippen molar-refractivity contribution in [2.75, 3.05) is 32.8 Å². The van der Waals surface area contributed by atoms with Crippen LogP contribution in [0.25, 0.3) is 0 Å². The van der Waals surface area contributed by atoms with Gasteiger partial charge in [-0.3, -0.25) is 4.79 Å². The number of epoxide rings is 1. The van der Waals surface area contributed by atoms with Gasteiger partial charge in [-0.2, -0.15) is 0 Å². The Balaban J connectivity index is 1.47. The molecule has 4 heterocycles. The molecule has 3 saturated heterocycles. The van der Waals surface area contributed by atoms with Crippen molar-refractivity contribution in [3.05, 3.63) is 36.0 Å². The number of likely N-dealkylation sites (tertiary alicyclic amines) is 2. The predicted molar refractivity (Wildman–Crippen MR) is 201 cm³/mol. The summed E-state index contributed by atoms with van der Waals surface area (Å²) < 4.78 is 24.3. The molecule has 11 heteroatoms. The third-order valence-electron chi connectivity index (χ3n) is 11.7. The monoisotopic (exact) mass is 732 g/mol. The highest BCUT2D eigenvalue weighted by Gasteiger charge is 2.47. The highest BCUT2D eigenvalue weighted by Crippen LogP contribution is 2.38. The number of carbonyl (C=O) groups excluding carboxylic acids is 2. The SMILES string of the molecule is CCOC1(C)CCC(O)CC(=O)OC(/C(C)=C/C=C/C(C)(O)CC2OC2C(C)C(O)CC)C(C)/C=C\C1OC(=O)N1CCC(N2CCCCC2)CC1. The van der Waals surface area contributed by atoms with Crippen LogP contribution in [0.4, 0.5) is 4.79 Å². The zero-order valence-corrected chi connectivity index (χ0v) is 32.9. The van der Waals surface area contributed by atoms with Crippen LogP contribution in [0.1, 0.15) is 113 Å². The largest absolute Gasteiger partial charge is 0.457 e. The number of nitrogens with zero attached hydrogens (tertiary/aromatic N) is 2. The summed E-state index contributed by atoms with van der Waals surface area (Å²) in [5.74, 6) is -0.821. The van der Waals surface area contributed by atoms with Crippen molar-refractivity contribution in [1.82, 2.24) is 9.80 Å². The maximum Gasteiger partial charge on any atom is 0.410 e. The van der Waals surface area contributed by atoms with E-state index in [1.165, 1.54) is 19.3 Å². The summed E-state index contributed by atoms with van der Waals surface area (Å²) in [6.07, 6.45) is 12.9. The van der Waals surface area contributed by atoms with E-state index in [0.29, 0.717) is 45.0 Å². The Morgan fingerprint density at radius 2 is 1.83 bits per heavy atom. The molecule has 296 valence electrons. The maximum absolute atomic E-state index is 13.7. The van der Waals surface area contributed by atoms with Gasteiger partial charge in [-0.05, 0) is 97.4 Å². The number of esters is 1. The Morgan fingerprint density at radius 1 is 1.13 bits per heavy atom. The van der Waals surface area contributed by atoms with Crippen LogP contribution in [-0.4, -0.2) is 124 Å². The van der Waals surface area contributed by atoms with Crippen molar-refractivity contribution >= 4 is 12.1 Å². The van der Waals surface area contributed by atoms with Crippen molar-refractivity contribution in [1.29, 1.82) is 0 Å². The van der Waals surface area contributed by atoms with Crippen LogP contribution in [0.3, 0.4) is 0 Å². The minimum atomic E-state index is -1.14. The summed E-state index contributed by atoms with van der Waals surface area (Å²) in [4.78, 5) is 31.1. The number of hydrogen-bond donors (Lipinski definition) is 3. The molecule has 3 fully saturated rings. The maximum atomic E-state index is 13.7. The number of amides is 1. The van der Waals surface area contributed by atoms with Gasteiger partial charge in [0.25, 0.3) is 0 Å². The molecule has 4 rings (SSSR count). The number of aliphatic hydroxyl groups is 3. The number of cyclic esters (lactones) is 1. The molecule has 0 aromatic carbocycles. The molecule has 11 nitrogen and oxygen atoms in total. The normalized spacial score (nSPS) is 34.8. The second-order valence-electron chi connectivity index (χ2n) is 16.2. The van der Waals surface area contributed by atoms with Crippen molar-refractivity contribution in [3.8, 4) is 0 Å². The number of ether oxygens (including phenoxy) is 4. The summed E-state index contributed by atoms with van der Waals surface area (Å²) >= 11 is 0. The fraction of sp³-hybridized carbons (Fsp3) is 0.805. The Kier molecular flexibility index (Phi) is 15.8. The molecule has 10 atom stereocenters. The zero-order chi connectivity index (χ0) is 38.1. The van der Waals surface area contributed by atoms with Gasteiger partial charge in [-0.15, -0.1) is 0 Å².